The van der Waals surface area contributed by atoms with Gasteiger partial charge in [0.2, 0.25) is 11.7 Å². The van der Waals surface area contributed by atoms with Gasteiger partial charge in [-0.15, -0.1) is 0 Å². The largest absolute Gasteiger partial charge is 0.497 e. The lowest BCUT2D eigenvalue weighted by Gasteiger charge is -2.21. The maximum Gasteiger partial charge on any atom is 0.263 e. The predicted molar refractivity (Wildman–Crippen MR) is 109 cm³/mol. The molecule has 0 saturated carbocycles. The second kappa shape index (κ2) is 8.77. The highest BCUT2D eigenvalue weighted by Crippen LogP contribution is 2.23. The average molecular weight is 395 g/mol. The molecule has 0 bridgehead atoms. The first-order valence-corrected chi connectivity index (χ1v) is 9.34. The van der Waals surface area contributed by atoms with Gasteiger partial charge in [-0.1, -0.05) is 29.4 Å². The molecular formula is C22H25N3O4. The number of carbonyl (C=O) groups excluding carboxylic acids is 1. The molecule has 0 radical (unpaired) electrons. The van der Waals surface area contributed by atoms with Crippen LogP contribution in [0.1, 0.15) is 23.9 Å². The van der Waals surface area contributed by atoms with Crippen LogP contribution in [0.5, 0.6) is 11.5 Å². The molecule has 0 aliphatic carbocycles. The second-order valence-electron chi connectivity index (χ2n) is 6.90. The topological polar surface area (TPSA) is 77.7 Å². The number of hydrogen-bond donors (Lipinski definition) is 0. The fourth-order valence-corrected chi connectivity index (χ4v) is 2.88. The summed E-state index contributed by atoms with van der Waals surface area (Å²) >= 11 is 0. The van der Waals surface area contributed by atoms with E-state index in [0.29, 0.717) is 23.2 Å². The van der Waals surface area contributed by atoms with E-state index in [-0.39, 0.29) is 12.5 Å². The molecule has 29 heavy (non-hydrogen) atoms. The SMILES string of the molecule is COc1cccc(-c2noc(CN(C)C(=O)[C@H](C)Oc3cccc(C)c3C)n2)c1. The molecule has 1 heterocycles. The van der Waals surface area contributed by atoms with Crippen LogP contribution in [-0.4, -0.2) is 41.2 Å². The lowest BCUT2D eigenvalue weighted by Crippen LogP contribution is -2.37. The van der Waals surface area contributed by atoms with Crippen molar-refractivity contribution in [2.24, 2.45) is 0 Å². The summed E-state index contributed by atoms with van der Waals surface area (Å²) in [5.41, 5.74) is 2.92. The Morgan fingerprint density at radius 2 is 1.97 bits per heavy atom. The lowest BCUT2D eigenvalue weighted by atomic mass is 10.1. The lowest BCUT2D eigenvalue weighted by molar-refractivity contribution is -0.137. The van der Waals surface area contributed by atoms with Crippen molar-refractivity contribution in [3.8, 4) is 22.9 Å². The van der Waals surface area contributed by atoms with Crippen LogP contribution in [0.3, 0.4) is 0 Å². The Morgan fingerprint density at radius 3 is 2.72 bits per heavy atom. The van der Waals surface area contributed by atoms with E-state index in [4.69, 9.17) is 14.0 Å². The van der Waals surface area contributed by atoms with Gasteiger partial charge in [0.15, 0.2) is 6.10 Å². The van der Waals surface area contributed by atoms with E-state index in [0.717, 1.165) is 16.7 Å². The van der Waals surface area contributed by atoms with Gasteiger partial charge in [0.25, 0.3) is 5.91 Å². The van der Waals surface area contributed by atoms with Crippen molar-refractivity contribution < 1.29 is 18.8 Å². The number of nitrogens with zero attached hydrogens (tertiary/aromatic N) is 3. The Morgan fingerprint density at radius 1 is 1.21 bits per heavy atom. The van der Waals surface area contributed by atoms with Gasteiger partial charge in [0.1, 0.15) is 11.5 Å². The minimum absolute atomic E-state index is 0.174. The van der Waals surface area contributed by atoms with Gasteiger partial charge >= 0.3 is 0 Å². The third-order valence-electron chi connectivity index (χ3n) is 4.75. The molecule has 1 aromatic heterocycles. The van der Waals surface area contributed by atoms with Crippen molar-refractivity contribution in [3.63, 3.8) is 0 Å². The van der Waals surface area contributed by atoms with E-state index < -0.39 is 6.10 Å². The van der Waals surface area contributed by atoms with Crippen LogP contribution in [0.15, 0.2) is 47.0 Å². The van der Waals surface area contributed by atoms with Crippen molar-refractivity contribution in [1.82, 2.24) is 15.0 Å². The van der Waals surface area contributed by atoms with Gasteiger partial charge in [-0.25, -0.2) is 0 Å². The summed E-state index contributed by atoms with van der Waals surface area (Å²) in [6.45, 7) is 5.91. The second-order valence-corrected chi connectivity index (χ2v) is 6.90. The first-order chi connectivity index (χ1) is 13.9. The van der Waals surface area contributed by atoms with E-state index in [2.05, 4.69) is 10.1 Å². The van der Waals surface area contributed by atoms with Gasteiger partial charge in [-0.3, -0.25) is 4.79 Å². The van der Waals surface area contributed by atoms with Crippen LogP contribution in [0.2, 0.25) is 0 Å². The number of benzene rings is 2. The van der Waals surface area contributed by atoms with Crippen LogP contribution in [0.4, 0.5) is 0 Å². The quantitative estimate of drug-likeness (QED) is 0.606. The summed E-state index contributed by atoms with van der Waals surface area (Å²) in [5, 5.41) is 4.00. The smallest absolute Gasteiger partial charge is 0.263 e. The van der Waals surface area contributed by atoms with Crippen LogP contribution < -0.4 is 9.47 Å². The number of likely N-dealkylation sites (N-methyl/N-ethyl adjacent to an activating group) is 1. The number of methoxy groups -OCH3 is 1. The highest BCUT2D eigenvalue weighted by molar-refractivity contribution is 5.80. The van der Waals surface area contributed by atoms with Crippen LogP contribution >= 0.6 is 0 Å². The van der Waals surface area contributed by atoms with Gasteiger partial charge < -0.3 is 18.9 Å². The van der Waals surface area contributed by atoms with Crippen molar-refractivity contribution >= 4 is 5.91 Å². The zero-order valence-electron chi connectivity index (χ0n) is 17.3. The standard InChI is InChI=1S/C22H25N3O4/c1-14-8-6-11-19(15(14)2)28-16(3)22(26)25(4)13-20-23-21(24-29-20)17-9-7-10-18(12-17)27-5/h6-12,16H,13H2,1-5H3/t16-/m0/s1. The Balaban J connectivity index is 1.65. The molecular weight excluding hydrogens is 370 g/mol. The van der Waals surface area contributed by atoms with Crippen molar-refractivity contribution in [3.05, 3.63) is 59.5 Å². The maximum absolute atomic E-state index is 12.7. The summed E-state index contributed by atoms with van der Waals surface area (Å²) in [6, 6.07) is 13.2. The normalized spacial score (nSPS) is 11.8. The first kappa shape index (κ1) is 20.4. The number of carbonyl (C=O) groups is 1. The van der Waals surface area contributed by atoms with Crippen LogP contribution in [0, 0.1) is 13.8 Å². The molecule has 0 N–H and O–H groups in total. The van der Waals surface area contributed by atoms with E-state index in [1.165, 1.54) is 4.90 Å². The van der Waals surface area contributed by atoms with Crippen molar-refractivity contribution in [1.29, 1.82) is 0 Å². The Labute approximate surface area is 170 Å². The molecule has 7 heteroatoms. The van der Waals surface area contributed by atoms with E-state index in [9.17, 15) is 4.79 Å². The summed E-state index contributed by atoms with van der Waals surface area (Å²) in [4.78, 5) is 18.6. The third-order valence-corrected chi connectivity index (χ3v) is 4.75. The summed E-state index contributed by atoms with van der Waals surface area (Å²) < 4.78 is 16.4. The predicted octanol–water partition coefficient (Wildman–Crippen LogP) is 3.79. The van der Waals surface area contributed by atoms with Gasteiger partial charge in [0, 0.05) is 12.6 Å². The van der Waals surface area contributed by atoms with Crippen molar-refractivity contribution in [2.75, 3.05) is 14.2 Å². The van der Waals surface area contributed by atoms with Crippen LogP contribution in [0.25, 0.3) is 11.4 Å². The molecule has 7 nitrogen and oxygen atoms in total. The molecule has 0 fully saturated rings. The summed E-state index contributed by atoms with van der Waals surface area (Å²) in [7, 11) is 3.28. The summed E-state index contributed by atoms with van der Waals surface area (Å²) in [6.07, 6.45) is -0.638. The molecule has 0 aliphatic heterocycles. The summed E-state index contributed by atoms with van der Waals surface area (Å²) in [5.74, 6) is 2.03. The van der Waals surface area contributed by atoms with Crippen LogP contribution in [-0.2, 0) is 11.3 Å². The fraction of sp³-hybridized carbons (Fsp3) is 0.318. The maximum atomic E-state index is 12.7. The monoisotopic (exact) mass is 395 g/mol. The number of aromatic nitrogens is 2. The zero-order chi connectivity index (χ0) is 21.0. The number of hydrogen-bond acceptors (Lipinski definition) is 6. The first-order valence-electron chi connectivity index (χ1n) is 9.34. The molecule has 0 unspecified atom stereocenters. The van der Waals surface area contributed by atoms with Gasteiger partial charge in [0.05, 0.1) is 13.7 Å². The van der Waals surface area contributed by atoms with Gasteiger partial charge in [-0.2, -0.15) is 4.98 Å². The highest BCUT2D eigenvalue weighted by Gasteiger charge is 2.22. The number of rotatable bonds is 7. The van der Waals surface area contributed by atoms with E-state index in [1.54, 1.807) is 21.1 Å². The Hall–Kier alpha value is -3.35. The van der Waals surface area contributed by atoms with Crippen molar-refractivity contribution in [2.45, 2.75) is 33.4 Å². The highest BCUT2D eigenvalue weighted by atomic mass is 16.5. The minimum Gasteiger partial charge on any atom is -0.497 e. The fourth-order valence-electron chi connectivity index (χ4n) is 2.88. The van der Waals surface area contributed by atoms with E-state index >= 15 is 0 Å². The average Bonchev–Trinajstić information content (AvgIpc) is 3.19. The molecule has 1 atom stereocenters. The molecule has 3 rings (SSSR count). The molecule has 0 aliphatic rings. The number of ether oxygens (including phenoxy) is 2. The van der Waals surface area contributed by atoms with E-state index in [1.807, 2.05) is 56.3 Å². The molecule has 152 valence electrons. The molecule has 1 amide bonds. The number of amides is 1. The Bertz CT molecular complexity index is 999. The number of aryl methyl sites for hydroxylation is 1. The molecule has 2 aromatic carbocycles. The molecule has 0 spiro atoms. The Kier molecular flexibility index (Phi) is 6.16. The minimum atomic E-state index is -0.638. The molecule has 3 aromatic rings. The molecule has 0 saturated heterocycles. The zero-order valence-corrected chi connectivity index (χ0v) is 17.3. The van der Waals surface area contributed by atoms with Gasteiger partial charge in [-0.05, 0) is 50.1 Å². The third kappa shape index (κ3) is 4.74.